The standard InChI is InChI=1S/C14H19N3O5/c1-7(18)15-8-2-4-9(5-3-8)16-14(22)12-13(21)10(19)6-11(20)17-12/h8-9,21H,2-6H2,1H3,(H,15,18)(H,16,22)(H,17,20). The van der Waals surface area contributed by atoms with Crippen molar-refractivity contribution < 1.29 is 24.3 Å². The minimum Gasteiger partial charge on any atom is -0.503 e. The van der Waals surface area contributed by atoms with Gasteiger partial charge in [-0.15, -0.1) is 0 Å². The largest absolute Gasteiger partial charge is 0.503 e. The summed E-state index contributed by atoms with van der Waals surface area (Å²) < 4.78 is 0. The van der Waals surface area contributed by atoms with E-state index in [1.54, 1.807) is 0 Å². The number of hydrogen-bond donors (Lipinski definition) is 4. The van der Waals surface area contributed by atoms with E-state index in [0.29, 0.717) is 12.8 Å². The van der Waals surface area contributed by atoms with E-state index in [0.717, 1.165) is 12.8 Å². The number of Topliss-reactive ketones (excluding diaryl/α,β-unsaturated/α-hetero) is 1. The molecule has 2 rings (SSSR count). The molecule has 0 unspecified atom stereocenters. The fourth-order valence-corrected chi connectivity index (χ4v) is 2.70. The summed E-state index contributed by atoms with van der Waals surface area (Å²) in [6.45, 7) is 1.46. The van der Waals surface area contributed by atoms with Crippen molar-refractivity contribution in [2.45, 2.75) is 51.1 Å². The molecule has 0 aromatic rings. The first-order valence-corrected chi connectivity index (χ1v) is 7.21. The highest BCUT2D eigenvalue weighted by Gasteiger charge is 2.31. The summed E-state index contributed by atoms with van der Waals surface area (Å²) in [5, 5.41) is 17.4. The first-order chi connectivity index (χ1) is 10.4. The molecule has 0 spiro atoms. The van der Waals surface area contributed by atoms with Gasteiger partial charge in [0.1, 0.15) is 0 Å². The molecule has 8 nitrogen and oxygen atoms in total. The summed E-state index contributed by atoms with van der Waals surface area (Å²) in [6, 6.07) is -0.0130. The summed E-state index contributed by atoms with van der Waals surface area (Å²) in [5.41, 5.74) is -0.384. The van der Waals surface area contributed by atoms with Crippen LogP contribution in [0.3, 0.4) is 0 Å². The van der Waals surface area contributed by atoms with Crippen LogP contribution in [0.4, 0.5) is 0 Å². The Balaban J connectivity index is 1.91. The Kier molecular flexibility index (Phi) is 4.79. The van der Waals surface area contributed by atoms with Crippen molar-refractivity contribution in [2.75, 3.05) is 0 Å². The van der Waals surface area contributed by atoms with Gasteiger partial charge in [0, 0.05) is 19.0 Å². The Bertz CT molecular complexity index is 547. The van der Waals surface area contributed by atoms with E-state index >= 15 is 0 Å². The van der Waals surface area contributed by atoms with E-state index in [1.807, 2.05) is 0 Å². The van der Waals surface area contributed by atoms with Gasteiger partial charge in [0.2, 0.25) is 17.6 Å². The number of aliphatic hydroxyl groups excluding tert-OH is 1. The van der Waals surface area contributed by atoms with Gasteiger partial charge in [0.05, 0.1) is 6.42 Å². The van der Waals surface area contributed by atoms with E-state index in [-0.39, 0.29) is 23.7 Å². The van der Waals surface area contributed by atoms with Gasteiger partial charge < -0.3 is 21.1 Å². The van der Waals surface area contributed by atoms with Crippen LogP contribution in [0.15, 0.2) is 11.5 Å². The zero-order valence-corrected chi connectivity index (χ0v) is 12.3. The molecule has 0 aromatic heterocycles. The molecule has 0 aromatic carbocycles. The molecular weight excluding hydrogens is 290 g/mol. The van der Waals surface area contributed by atoms with Gasteiger partial charge in [0.25, 0.3) is 5.91 Å². The van der Waals surface area contributed by atoms with Gasteiger partial charge in [-0.1, -0.05) is 0 Å². The third-order valence-corrected chi connectivity index (χ3v) is 3.78. The van der Waals surface area contributed by atoms with Crippen molar-refractivity contribution in [1.29, 1.82) is 0 Å². The molecule has 1 saturated carbocycles. The minimum atomic E-state index is -0.761. The second-order valence-corrected chi connectivity index (χ2v) is 5.59. The predicted octanol–water partition coefficient (Wildman–Crippen LogP) is -0.591. The zero-order chi connectivity index (χ0) is 16.3. The SMILES string of the molecule is CC(=O)NC1CCC(NC(=O)C2=C(O)C(=O)CC(=O)N2)CC1. The summed E-state index contributed by atoms with van der Waals surface area (Å²) in [7, 11) is 0. The summed E-state index contributed by atoms with van der Waals surface area (Å²) >= 11 is 0. The van der Waals surface area contributed by atoms with Crippen LogP contribution in [0, 0.1) is 0 Å². The summed E-state index contributed by atoms with van der Waals surface area (Å²) in [4.78, 5) is 45.7. The smallest absolute Gasteiger partial charge is 0.272 e. The van der Waals surface area contributed by atoms with Crippen molar-refractivity contribution in [2.24, 2.45) is 0 Å². The highest BCUT2D eigenvalue weighted by Crippen LogP contribution is 2.19. The third kappa shape index (κ3) is 3.84. The normalized spacial score (nSPS) is 25.5. The van der Waals surface area contributed by atoms with Crippen LogP contribution in [0.1, 0.15) is 39.0 Å². The first-order valence-electron chi connectivity index (χ1n) is 7.21. The number of carbonyl (C=O) groups is 4. The predicted molar refractivity (Wildman–Crippen MR) is 75.4 cm³/mol. The van der Waals surface area contributed by atoms with Crippen LogP contribution in [0.25, 0.3) is 0 Å². The van der Waals surface area contributed by atoms with Crippen LogP contribution in [0.5, 0.6) is 0 Å². The first kappa shape index (κ1) is 16.0. The third-order valence-electron chi connectivity index (χ3n) is 3.78. The molecule has 0 saturated heterocycles. The maximum atomic E-state index is 12.1. The maximum absolute atomic E-state index is 12.1. The molecule has 3 amide bonds. The Morgan fingerprint density at radius 3 is 2.18 bits per heavy atom. The second kappa shape index (κ2) is 6.59. The van der Waals surface area contributed by atoms with Crippen LogP contribution in [0.2, 0.25) is 0 Å². The van der Waals surface area contributed by atoms with Gasteiger partial charge in [0.15, 0.2) is 11.5 Å². The highest BCUT2D eigenvalue weighted by molar-refractivity contribution is 6.15. The van der Waals surface area contributed by atoms with Crippen molar-refractivity contribution in [3.05, 3.63) is 11.5 Å². The van der Waals surface area contributed by atoms with Crippen molar-refractivity contribution in [3.63, 3.8) is 0 Å². The van der Waals surface area contributed by atoms with Crippen molar-refractivity contribution in [1.82, 2.24) is 16.0 Å². The molecule has 4 N–H and O–H groups in total. The van der Waals surface area contributed by atoms with Gasteiger partial charge in [-0.05, 0) is 25.7 Å². The molecule has 1 aliphatic carbocycles. The van der Waals surface area contributed by atoms with E-state index < -0.39 is 29.8 Å². The molecule has 2 aliphatic rings. The fourth-order valence-electron chi connectivity index (χ4n) is 2.70. The van der Waals surface area contributed by atoms with Crippen molar-refractivity contribution >= 4 is 23.5 Å². The molecule has 1 aliphatic heterocycles. The Hall–Kier alpha value is -2.38. The quantitative estimate of drug-likeness (QED) is 0.519. The average Bonchev–Trinajstić information content (AvgIpc) is 2.44. The lowest BCUT2D eigenvalue weighted by Crippen LogP contribution is -2.47. The molecule has 1 heterocycles. The molecule has 22 heavy (non-hydrogen) atoms. The number of ketones is 1. The fraction of sp³-hybridized carbons (Fsp3) is 0.571. The van der Waals surface area contributed by atoms with Gasteiger partial charge >= 0.3 is 0 Å². The number of aliphatic hydroxyl groups is 1. The number of hydrogen-bond acceptors (Lipinski definition) is 5. The average molecular weight is 309 g/mol. The number of amides is 3. The monoisotopic (exact) mass is 309 g/mol. The number of rotatable bonds is 3. The van der Waals surface area contributed by atoms with Gasteiger partial charge in [-0.25, -0.2) is 0 Å². The van der Waals surface area contributed by atoms with E-state index in [2.05, 4.69) is 16.0 Å². The lowest BCUT2D eigenvalue weighted by atomic mass is 9.91. The van der Waals surface area contributed by atoms with Crippen LogP contribution >= 0.6 is 0 Å². The Labute approximate surface area is 127 Å². The topological polar surface area (TPSA) is 125 Å². The molecule has 0 atom stereocenters. The lowest BCUT2D eigenvalue weighted by molar-refractivity contribution is -0.131. The highest BCUT2D eigenvalue weighted by atomic mass is 16.3. The molecular formula is C14H19N3O5. The molecule has 1 fully saturated rings. The van der Waals surface area contributed by atoms with Crippen LogP contribution in [-0.4, -0.2) is 40.7 Å². The van der Waals surface area contributed by atoms with Crippen LogP contribution < -0.4 is 16.0 Å². The minimum absolute atomic E-state index is 0.0778. The summed E-state index contributed by atoms with van der Waals surface area (Å²) in [5.74, 6) is -2.82. The van der Waals surface area contributed by atoms with Crippen molar-refractivity contribution in [3.8, 4) is 0 Å². The summed E-state index contributed by atoms with van der Waals surface area (Å²) in [6.07, 6.45) is 2.37. The van der Waals surface area contributed by atoms with Crippen LogP contribution in [-0.2, 0) is 19.2 Å². The molecule has 120 valence electrons. The number of nitrogens with one attached hydrogen (secondary N) is 3. The Morgan fingerprint density at radius 1 is 1.09 bits per heavy atom. The maximum Gasteiger partial charge on any atom is 0.272 e. The second-order valence-electron chi connectivity index (χ2n) is 5.59. The van der Waals surface area contributed by atoms with E-state index in [1.165, 1.54) is 6.92 Å². The van der Waals surface area contributed by atoms with Gasteiger partial charge in [-0.3, -0.25) is 19.2 Å². The Morgan fingerprint density at radius 2 is 1.64 bits per heavy atom. The van der Waals surface area contributed by atoms with Gasteiger partial charge in [-0.2, -0.15) is 0 Å². The number of allylic oxidation sites excluding steroid dienone is 1. The van der Waals surface area contributed by atoms with E-state index in [4.69, 9.17) is 0 Å². The molecule has 0 bridgehead atoms. The molecule has 0 radical (unpaired) electrons. The molecule has 8 heteroatoms. The van der Waals surface area contributed by atoms with E-state index in [9.17, 15) is 24.3 Å². The number of carbonyl (C=O) groups excluding carboxylic acids is 4. The zero-order valence-electron chi connectivity index (χ0n) is 12.3. The lowest BCUT2D eigenvalue weighted by Gasteiger charge is -2.29.